The quantitative estimate of drug-likeness (QED) is 0.274. The van der Waals surface area contributed by atoms with Crippen molar-refractivity contribution in [2.24, 2.45) is 0 Å². The van der Waals surface area contributed by atoms with Gasteiger partial charge in [0.1, 0.15) is 15.9 Å². The van der Waals surface area contributed by atoms with E-state index < -0.39 is 0 Å². The van der Waals surface area contributed by atoms with Gasteiger partial charge in [-0.05, 0) is 43.0 Å². The van der Waals surface area contributed by atoms with Crippen LogP contribution in [0, 0.1) is 6.92 Å². The molecule has 4 rings (SSSR count). The summed E-state index contributed by atoms with van der Waals surface area (Å²) in [4.78, 5) is 25.6. The van der Waals surface area contributed by atoms with Crippen molar-refractivity contribution in [1.29, 1.82) is 0 Å². The van der Waals surface area contributed by atoms with Crippen molar-refractivity contribution in [3.63, 3.8) is 0 Å². The molecule has 0 saturated carbocycles. The molecule has 0 aliphatic carbocycles. The van der Waals surface area contributed by atoms with Gasteiger partial charge in [0.05, 0.1) is 23.9 Å². The van der Waals surface area contributed by atoms with E-state index in [2.05, 4.69) is 30.5 Å². The lowest BCUT2D eigenvalue weighted by Crippen LogP contribution is -2.14. The van der Waals surface area contributed by atoms with E-state index in [0.717, 1.165) is 10.7 Å². The third-order valence-electron chi connectivity index (χ3n) is 4.15. The van der Waals surface area contributed by atoms with Crippen LogP contribution >= 0.6 is 46.3 Å². The maximum atomic E-state index is 13.1. The fourth-order valence-corrected chi connectivity index (χ4v) is 4.64. The molecule has 8 nitrogen and oxygen atoms in total. The third kappa shape index (κ3) is 5.16. The highest BCUT2D eigenvalue weighted by atomic mass is 35.5. The molecule has 0 bridgehead atoms. The van der Waals surface area contributed by atoms with E-state index in [0.29, 0.717) is 36.9 Å². The zero-order valence-electron chi connectivity index (χ0n) is 16.7. The molecule has 0 unspecified atom stereocenters. The molecular weight excluding hydrogens is 491 g/mol. The first-order chi connectivity index (χ1) is 15.4. The number of amides is 1. The summed E-state index contributed by atoms with van der Waals surface area (Å²) in [6, 6.07) is 6.96. The first-order valence-corrected chi connectivity index (χ1v) is 11.4. The molecule has 0 radical (unpaired) electrons. The molecule has 4 aromatic heterocycles. The molecule has 4 aromatic rings. The van der Waals surface area contributed by atoms with E-state index in [1.807, 2.05) is 6.92 Å². The number of halogens is 2. The Hall–Kier alpha value is -2.79. The normalized spacial score (nSPS) is 10.8. The molecule has 0 atom stereocenters. The minimum atomic E-state index is -0.389. The smallest absolute Gasteiger partial charge is 0.259 e. The van der Waals surface area contributed by atoms with Gasteiger partial charge >= 0.3 is 0 Å². The van der Waals surface area contributed by atoms with Crippen LogP contribution < -0.4 is 10.1 Å². The summed E-state index contributed by atoms with van der Waals surface area (Å²) in [5.74, 6) is 0.0962. The molecule has 4 heterocycles. The second-order valence-corrected chi connectivity index (χ2v) is 9.39. The summed E-state index contributed by atoms with van der Waals surface area (Å²) in [5, 5.41) is 12.8. The van der Waals surface area contributed by atoms with Crippen molar-refractivity contribution in [1.82, 2.24) is 25.1 Å². The number of hydrogen-bond donors (Lipinski definition) is 1. The van der Waals surface area contributed by atoms with Gasteiger partial charge in [0.15, 0.2) is 4.34 Å². The Kier molecular flexibility index (Phi) is 6.85. The van der Waals surface area contributed by atoms with Crippen LogP contribution in [-0.4, -0.2) is 38.2 Å². The van der Waals surface area contributed by atoms with E-state index in [4.69, 9.17) is 27.9 Å². The SMILES string of the molecule is COc1cnc(Cl)cc1-c1cc(C)ncc1C(=O)Nc1nnc(Sc2ccc(Cl)cn2)s1. The van der Waals surface area contributed by atoms with E-state index in [-0.39, 0.29) is 11.1 Å². The van der Waals surface area contributed by atoms with Gasteiger partial charge in [0, 0.05) is 29.2 Å². The highest BCUT2D eigenvalue weighted by molar-refractivity contribution is 8.01. The predicted molar refractivity (Wildman–Crippen MR) is 125 cm³/mol. The Morgan fingerprint density at radius 3 is 2.66 bits per heavy atom. The topological polar surface area (TPSA) is 103 Å². The number of aryl methyl sites for hydroxylation is 1. The van der Waals surface area contributed by atoms with Crippen LogP contribution in [0.3, 0.4) is 0 Å². The Bertz CT molecular complexity index is 1280. The molecule has 0 saturated heterocycles. The van der Waals surface area contributed by atoms with Crippen LogP contribution in [0.5, 0.6) is 5.75 Å². The lowest BCUT2D eigenvalue weighted by Gasteiger charge is -2.13. The first-order valence-electron chi connectivity index (χ1n) is 9.03. The zero-order chi connectivity index (χ0) is 22.7. The van der Waals surface area contributed by atoms with Gasteiger partial charge in [-0.25, -0.2) is 9.97 Å². The summed E-state index contributed by atoms with van der Waals surface area (Å²) in [6.07, 6.45) is 4.56. The number of rotatable bonds is 6. The molecule has 0 aromatic carbocycles. The van der Waals surface area contributed by atoms with Crippen molar-refractivity contribution in [3.8, 4) is 16.9 Å². The van der Waals surface area contributed by atoms with E-state index >= 15 is 0 Å². The maximum absolute atomic E-state index is 13.1. The molecule has 0 spiro atoms. The molecule has 162 valence electrons. The summed E-state index contributed by atoms with van der Waals surface area (Å²) in [5.41, 5.74) is 2.31. The summed E-state index contributed by atoms with van der Waals surface area (Å²) in [6.45, 7) is 1.83. The number of carbonyl (C=O) groups excluding carboxylic acids is 1. The lowest BCUT2D eigenvalue weighted by molar-refractivity contribution is 0.102. The van der Waals surface area contributed by atoms with Crippen molar-refractivity contribution in [3.05, 3.63) is 64.3 Å². The van der Waals surface area contributed by atoms with Crippen LogP contribution in [0.25, 0.3) is 11.1 Å². The molecule has 1 amide bonds. The summed E-state index contributed by atoms with van der Waals surface area (Å²) >= 11 is 14.5. The standard InChI is InChI=1S/C20H14Cl2N6O2S2/c1-10-5-12(13-6-16(22)24-9-15(13)30-2)14(8-23-10)18(29)26-19-27-28-20(32-19)31-17-4-3-11(21)7-25-17/h3-9H,1-2H3,(H,26,27,29). The number of pyridine rings is 3. The number of carbonyl (C=O) groups is 1. The molecule has 32 heavy (non-hydrogen) atoms. The Morgan fingerprint density at radius 2 is 1.91 bits per heavy atom. The monoisotopic (exact) mass is 504 g/mol. The van der Waals surface area contributed by atoms with Crippen LogP contribution in [0.15, 0.2) is 52.2 Å². The molecule has 0 aliphatic heterocycles. The molecule has 1 N–H and O–H groups in total. The van der Waals surface area contributed by atoms with Gasteiger partial charge in [-0.2, -0.15) is 0 Å². The van der Waals surface area contributed by atoms with Crippen LogP contribution in [-0.2, 0) is 0 Å². The molecular formula is C20H14Cl2N6O2S2. The second kappa shape index (κ2) is 9.78. The summed E-state index contributed by atoms with van der Waals surface area (Å²) < 4.78 is 6.03. The van der Waals surface area contributed by atoms with Crippen LogP contribution in [0.4, 0.5) is 5.13 Å². The number of nitrogens with zero attached hydrogens (tertiary/aromatic N) is 5. The van der Waals surface area contributed by atoms with Gasteiger partial charge in [-0.1, -0.05) is 34.5 Å². The fraction of sp³-hybridized carbons (Fsp3) is 0.100. The van der Waals surface area contributed by atoms with Crippen molar-refractivity contribution in [2.45, 2.75) is 16.3 Å². The van der Waals surface area contributed by atoms with Crippen molar-refractivity contribution < 1.29 is 9.53 Å². The van der Waals surface area contributed by atoms with Gasteiger partial charge in [0.2, 0.25) is 5.13 Å². The van der Waals surface area contributed by atoms with Gasteiger partial charge in [0.25, 0.3) is 5.91 Å². The third-order valence-corrected chi connectivity index (χ3v) is 6.42. The number of methoxy groups -OCH3 is 1. The van der Waals surface area contributed by atoms with Crippen molar-refractivity contribution >= 4 is 57.3 Å². The number of hydrogen-bond acceptors (Lipinski definition) is 9. The Labute approximate surface area is 201 Å². The van der Waals surface area contributed by atoms with Crippen LogP contribution in [0.1, 0.15) is 16.1 Å². The predicted octanol–water partition coefficient (Wildman–Crippen LogP) is 5.42. The maximum Gasteiger partial charge on any atom is 0.259 e. The van der Waals surface area contributed by atoms with E-state index in [9.17, 15) is 4.79 Å². The average Bonchev–Trinajstić information content (AvgIpc) is 3.21. The number of anilines is 1. The Morgan fingerprint density at radius 1 is 1.06 bits per heavy atom. The van der Waals surface area contributed by atoms with E-state index in [1.54, 1.807) is 30.5 Å². The largest absolute Gasteiger partial charge is 0.494 e. The number of ether oxygens (including phenoxy) is 1. The fourth-order valence-electron chi connectivity index (χ4n) is 2.73. The molecule has 12 heteroatoms. The molecule has 0 fully saturated rings. The number of nitrogens with one attached hydrogen (secondary N) is 1. The highest BCUT2D eigenvalue weighted by Crippen LogP contribution is 2.35. The van der Waals surface area contributed by atoms with Gasteiger partial charge in [-0.3, -0.25) is 15.1 Å². The van der Waals surface area contributed by atoms with Crippen LogP contribution in [0.2, 0.25) is 10.2 Å². The second-order valence-electron chi connectivity index (χ2n) is 6.32. The number of aromatic nitrogens is 5. The van der Waals surface area contributed by atoms with Gasteiger partial charge in [-0.15, -0.1) is 10.2 Å². The Balaban J connectivity index is 1.59. The zero-order valence-corrected chi connectivity index (χ0v) is 19.8. The minimum Gasteiger partial charge on any atom is -0.494 e. The lowest BCUT2D eigenvalue weighted by atomic mass is 10.0. The summed E-state index contributed by atoms with van der Waals surface area (Å²) in [7, 11) is 1.53. The molecule has 0 aliphatic rings. The van der Waals surface area contributed by atoms with Gasteiger partial charge < -0.3 is 4.74 Å². The first kappa shape index (κ1) is 22.4. The average molecular weight is 505 g/mol. The highest BCUT2D eigenvalue weighted by Gasteiger charge is 2.19. The van der Waals surface area contributed by atoms with E-state index in [1.165, 1.54) is 42.6 Å². The van der Waals surface area contributed by atoms with Crippen molar-refractivity contribution in [2.75, 3.05) is 12.4 Å². The minimum absolute atomic E-state index is 0.281.